The number of nitrogens with zero attached hydrogens (tertiary/aromatic N) is 4. The van der Waals surface area contributed by atoms with Crippen LogP contribution in [0.2, 0.25) is 0 Å². The minimum atomic E-state index is -0.362. The average molecular weight is 447 g/mol. The smallest absolute Gasteiger partial charge is 0.154 e. The van der Waals surface area contributed by atoms with Crippen LogP contribution in [0.1, 0.15) is 61.3 Å². The fourth-order valence-corrected chi connectivity index (χ4v) is 5.09. The predicted octanol–water partition coefficient (Wildman–Crippen LogP) is 5.19. The first-order chi connectivity index (χ1) is 15.9. The van der Waals surface area contributed by atoms with E-state index in [1.54, 1.807) is 12.1 Å². The van der Waals surface area contributed by atoms with Crippen LogP contribution in [-0.2, 0) is 13.0 Å². The molecule has 170 valence electrons. The van der Waals surface area contributed by atoms with Crippen molar-refractivity contribution < 1.29 is 14.3 Å². The molecule has 1 unspecified atom stereocenters. The van der Waals surface area contributed by atoms with Crippen LogP contribution in [0.25, 0.3) is 11.3 Å². The number of aromatic nitrogens is 2. The van der Waals surface area contributed by atoms with E-state index in [1.165, 1.54) is 18.7 Å². The monoisotopic (exact) mass is 446 g/mol. The normalized spacial score (nSPS) is 19.2. The number of imidazole rings is 1. The van der Waals surface area contributed by atoms with Crippen molar-refractivity contribution in [2.45, 2.75) is 52.1 Å². The second-order valence-corrected chi connectivity index (χ2v) is 8.87. The first-order valence-electron chi connectivity index (χ1n) is 11.2. The van der Waals surface area contributed by atoms with Crippen molar-refractivity contribution in [1.82, 2.24) is 9.55 Å². The molecule has 2 atom stereocenters. The van der Waals surface area contributed by atoms with Gasteiger partial charge in [0.15, 0.2) is 5.82 Å². The third-order valence-corrected chi connectivity index (χ3v) is 6.72. The molecule has 0 saturated carbocycles. The lowest BCUT2D eigenvalue weighted by molar-refractivity contribution is 0.318. The third kappa shape index (κ3) is 3.52. The standard InChI is InChI=1S/C26H27FN4O2/c1-14-13-31-25(15(2)17-5-8-20-18(11-17)6-10-23(20)30-32)24(29-26(31)16(3)28-14)21-9-7-19(33-4)12-22(21)27/h5,7-9,11-12,14-15,32H,6,10,13H2,1-4H3/b30-23-/t14?,15-/m1/s1. The Kier molecular flexibility index (Phi) is 5.27. The minimum Gasteiger partial charge on any atom is -0.497 e. The van der Waals surface area contributed by atoms with Gasteiger partial charge in [0.05, 0.1) is 36.0 Å². The molecule has 0 spiro atoms. The van der Waals surface area contributed by atoms with Crippen LogP contribution in [-0.4, -0.2) is 39.3 Å². The van der Waals surface area contributed by atoms with Gasteiger partial charge in [0.25, 0.3) is 0 Å². The van der Waals surface area contributed by atoms with Crippen LogP contribution < -0.4 is 4.74 Å². The molecule has 0 saturated heterocycles. The number of benzene rings is 2. The maximum absolute atomic E-state index is 15.2. The van der Waals surface area contributed by atoms with Gasteiger partial charge in [0, 0.05) is 29.7 Å². The van der Waals surface area contributed by atoms with Crippen LogP contribution in [0.5, 0.6) is 5.75 Å². The number of hydrogen-bond acceptors (Lipinski definition) is 5. The maximum Gasteiger partial charge on any atom is 0.154 e. The summed E-state index contributed by atoms with van der Waals surface area (Å²) in [5, 5.41) is 12.7. The highest BCUT2D eigenvalue weighted by Gasteiger charge is 2.30. The second-order valence-electron chi connectivity index (χ2n) is 8.87. The lowest BCUT2D eigenvalue weighted by Gasteiger charge is -2.23. The Morgan fingerprint density at radius 1 is 1.18 bits per heavy atom. The van der Waals surface area contributed by atoms with Crippen LogP contribution in [0.4, 0.5) is 4.39 Å². The van der Waals surface area contributed by atoms with Crippen molar-refractivity contribution in [3.05, 3.63) is 70.4 Å². The first-order valence-corrected chi connectivity index (χ1v) is 11.2. The van der Waals surface area contributed by atoms with Crippen LogP contribution in [0.3, 0.4) is 0 Å². The van der Waals surface area contributed by atoms with E-state index in [-0.39, 0.29) is 17.8 Å². The Hall–Kier alpha value is -3.48. The number of aliphatic imine (C=N–C) groups is 1. The van der Waals surface area contributed by atoms with Gasteiger partial charge < -0.3 is 14.5 Å². The van der Waals surface area contributed by atoms with Gasteiger partial charge >= 0.3 is 0 Å². The summed E-state index contributed by atoms with van der Waals surface area (Å²) in [5.41, 5.74) is 6.96. The van der Waals surface area contributed by atoms with E-state index >= 15 is 4.39 Å². The Morgan fingerprint density at radius 3 is 2.70 bits per heavy atom. The van der Waals surface area contributed by atoms with E-state index in [4.69, 9.17) is 14.7 Å². The maximum atomic E-state index is 15.2. The Labute approximate surface area is 192 Å². The number of ether oxygens (including phenoxy) is 1. The van der Waals surface area contributed by atoms with Crippen molar-refractivity contribution in [3.63, 3.8) is 0 Å². The van der Waals surface area contributed by atoms with Gasteiger partial charge in [-0.2, -0.15) is 0 Å². The van der Waals surface area contributed by atoms with E-state index in [1.807, 2.05) is 13.0 Å². The number of halogens is 1. The number of oxime groups is 1. The zero-order valence-electron chi connectivity index (χ0n) is 19.3. The van der Waals surface area contributed by atoms with E-state index in [0.29, 0.717) is 23.6 Å². The molecule has 0 fully saturated rings. The van der Waals surface area contributed by atoms with Gasteiger partial charge in [0.1, 0.15) is 11.6 Å². The summed E-state index contributed by atoms with van der Waals surface area (Å²) in [7, 11) is 1.53. The van der Waals surface area contributed by atoms with Gasteiger partial charge in [-0.15, -0.1) is 0 Å². The number of hydrogen-bond donors (Lipinski definition) is 1. The predicted molar refractivity (Wildman–Crippen MR) is 126 cm³/mol. The van der Waals surface area contributed by atoms with E-state index in [0.717, 1.165) is 46.9 Å². The van der Waals surface area contributed by atoms with E-state index in [2.05, 4.69) is 35.7 Å². The molecule has 6 nitrogen and oxygen atoms in total. The molecule has 1 aliphatic heterocycles. The Balaban J connectivity index is 1.67. The van der Waals surface area contributed by atoms with Gasteiger partial charge in [0.2, 0.25) is 0 Å². The summed E-state index contributed by atoms with van der Waals surface area (Å²) in [6.45, 7) is 6.88. The number of methoxy groups -OCH3 is 1. The molecule has 3 aromatic rings. The summed E-state index contributed by atoms with van der Waals surface area (Å²) in [4.78, 5) is 9.60. The third-order valence-electron chi connectivity index (χ3n) is 6.72. The van der Waals surface area contributed by atoms with Crippen molar-refractivity contribution in [2.75, 3.05) is 7.11 Å². The molecular formula is C26H27FN4O2. The SMILES string of the molecule is COc1ccc(-c2nc3n(c2[C@H](C)c2ccc4c(c2)CC/C4=N/O)CC(C)N=C3C)c(F)c1. The van der Waals surface area contributed by atoms with E-state index in [9.17, 15) is 5.21 Å². The summed E-state index contributed by atoms with van der Waals surface area (Å²) in [5.74, 6) is 0.872. The first kappa shape index (κ1) is 21.4. The van der Waals surface area contributed by atoms with Gasteiger partial charge in [-0.25, -0.2) is 9.37 Å². The molecule has 33 heavy (non-hydrogen) atoms. The topological polar surface area (TPSA) is 72.0 Å². The largest absolute Gasteiger partial charge is 0.497 e. The van der Waals surface area contributed by atoms with Crippen LogP contribution in [0.15, 0.2) is 46.5 Å². The number of fused-ring (bicyclic) bond motifs is 2. The van der Waals surface area contributed by atoms with Crippen LogP contribution in [0, 0.1) is 5.82 Å². The summed E-state index contributed by atoms with van der Waals surface area (Å²) in [6.07, 6.45) is 1.59. The van der Waals surface area contributed by atoms with Crippen molar-refractivity contribution in [2.24, 2.45) is 10.1 Å². The van der Waals surface area contributed by atoms with Crippen molar-refractivity contribution >= 4 is 11.4 Å². The van der Waals surface area contributed by atoms with Crippen molar-refractivity contribution in [3.8, 4) is 17.0 Å². The molecule has 7 heteroatoms. The fourth-order valence-electron chi connectivity index (χ4n) is 5.09. The van der Waals surface area contributed by atoms with Gasteiger partial charge in [-0.3, -0.25) is 4.99 Å². The molecule has 2 aliphatic rings. The van der Waals surface area contributed by atoms with Crippen LogP contribution >= 0.6 is 0 Å². The number of rotatable bonds is 4. The highest BCUT2D eigenvalue weighted by atomic mass is 19.1. The summed E-state index contributed by atoms with van der Waals surface area (Å²) < 4.78 is 22.6. The highest BCUT2D eigenvalue weighted by molar-refractivity contribution is 6.04. The molecule has 1 N–H and O–H groups in total. The second kappa shape index (κ2) is 8.14. The number of aryl methyl sites for hydroxylation is 1. The molecule has 2 heterocycles. The Bertz CT molecular complexity index is 1310. The van der Waals surface area contributed by atoms with E-state index < -0.39 is 0 Å². The quantitative estimate of drug-likeness (QED) is 0.443. The van der Waals surface area contributed by atoms with Gasteiger partial charge in [-0.1, -0.05) is 30.3 Å². The molecule has 0 radical (unpaired) electrons. The molecule has 1 aliphatic carbocycles. The highest BCUT2D eigenvalue weighted by Crippen LogP contribution is 2.38. The lowest BCUT2D eigenvalue weighted by atomic mass is 9.91. The molecular weight excluding hydrogens is 419 g/mol. The molecule has 1 aromatic heterocycles. The zero-order chi connectivity index (χ0) is 23.3. The summed E-state index contributed by atoms with van der Waals surface area (Å²) >= 11 is 0. The molecule has 2 aromatic carbocycles. The van der Waals surface area contributed by atoms with Crippen molar-refractivity contribution in [1.29, 1.82) is 0 Å². The molecule has 0 amide bonds. The molecule has 0 bridgehead atoms. The fraction of sp³-hybridized carbons (Fsp3) is 0.346. The van der Waals surface area contributed by atoms with Gasteiger partial charge in [-0.05, 0) is 49.9 Å². The Morgan fingerprint density at radius 2 is 1.97 bits per heavy atom. The summed E-state index contributed by atoms with van der Waals surface area (Å²) in [6, 6.07) is 11.3. The average Bonchev–Trinajstić information content (AvgIpc) is 3.39. The molecule has 5 rings (SSSR count). The minimum absolute atomic E-state index is 0.0266. The lowest BCUT2D eigenvalue weighted by Crippen LogP contribution is -2.25. The zero-order valence-corrected chi connectivity index (χ0v) is 19.3.